The van der Waals surface area contributed by atoms with Gasteiger partial charge in [-0.05, 0) is 55.1 Å². The van der Waals surface area contributed by atoms with E-state index in [0.29, 0.717) is 0 Å². The van der Waals surface area contributed by atoms with Gasteiger partial charge < -0.3 is 5.32 Å². The van der Waals surface area contributed by atoms with Gasteiger partial charge in [0.25, 0.3) is 0 Å². The van der Waals surface area contributed by atoms with Gasteiger partial charge in [0.1, 0.15) is 0 Å². The molecule has 2 heteroatoms. The first-order valence-electron chi connectivity index (χ1n) is 7.08. The van der Waals surface area contributed by atoms with Gasteiger partial charge in [-0.25, -0.2) is 0 Å². The van der Waals surface area contributed by atoms with Crippen LogP contribution >= 0.6 is 11.8 Å². The van der Waals surface area contributed by atoms with Crippen LogP contribution in [0.3, 0.4) is 0 Å². The molecule has 1 heterocycles. The molecule has 0 aromatic heterocycles. The highest BCUT2D eigenvalue weighted by atomic mass is 32.2. The van der Waals surface area contributed by atoms with Crippen molar-refractivity contribution in [3.63, 3.8) is 0 Å². The summed E-state index contributed by atoms with van der Waals surface area (Å²) in [5, 5.41) is 3.86. The third-order valence-corrected chi connectivity index (χ3v) is 5.77. The lowest BCUT2D eigenvalue weighted by atomic mass is 9.78. The Labute approximate surface area is 105 Å². The van der Waals surface area contributed by atoms with Crippen LogP contribution in [0.4, 0.5) is 0 Å². The molecular formula is C14H27NS. The molecule has 0 aromatic rings. The molecule has 3 atom stereocenters. The summed E-state index contributed by atoms with van der Waals surface area (Å²) in [5.74, 6) is 5.55. The first-order valence-corrected chi connectivity index (χ1v) is 8.24. The predicted octanol–water partition coefficient (Wildman–Crippen LogP) is 3.54. The normalized spacial score (nSPS) is 37.5. The molecule has 2 aliphatic rings. The second kappa shape index (κ2) is 6.30. The summed E-state index contributed by atoms with van der Waals surface area (Å²) in [6, 6.07) is 0.804. The summed E-state index contributed by atoms with van der Waals surface area (Å²) >= 11 is 2.13. The van der Waals surface area contributed by atoms with Crippen molar-refractivity contribution in [3.05, 3.63) is 0 Å². The maximum absolute atomic E-state index is 3.86. The predicted molar refractivity (Wildman–Crippen MR) is 74.0 cm³/mol. The standard InChI is InChI=1S/C14H27NS/c1-11-4-3-5-14(12(11)2)15-10-13-6-8-16-9-7-13/h11-15H,3-10H2,1-2H3. The van der Waals surface area contributed by atoms with Crippen molar-refractivity contribution in [1.29, 1.82) is 0 Å². The zero-order valence-corrected chi connectivity index (χ0v) is 11.7. The Kier molecular flexibility index (Phi) is 5.02. The molecule has 2 fully saturated rings. The second-order valence-corrected chi connectivity index (χ2v) is 7.06. The van der Waals surface area contributed by atoms with Gasteiger partial charge in [0, 0.05) is 6.04 Å². The van der Waals surface area contributed by atoms with Crippen molar-refractivity contribution in [2.75, 3.05) is 18.1 Å². The lowest BCUT2D eigenvalue weighted by Gasteiger charge is -2.36. The third kappa shape index (κ3) is 3.40. The highest BCUT2D eigenvalue weighted by Crippen LogP contribution is 2.30. The molecule has 1 aliphatic carbocycles. The molecule has 0 spiro atoms. The van der Waals surface area contributed by atoms with Gasteiger partial charge in [0.05, 0.1) is 0 Å². The molecule has 3 unspecified atom stereocenters. The fourth-order valence-corrected chi connectivity index (χ4v) is 4.34. The number of hydrogen-bond donors (Lipinski definition) is 1. The minimum absolute atomic E-state index is 0.804. The van der Waals surface area contributed by atoms with E-state index in [1.54, 1.807) is 0 Å². The van der Waals surface area contributed by atoms with Crippen LogP contribution in [-0.4, -0.2) is 24.1 Å². The smallest absolute Gasteiger partial charge is 0.00953 e. The van der Waals surface area contributed by atoms with Crippen LogP contribution in [0, 0.1) is 17.8 Å². The van der Waals surface area contributed by atoms with Crippen molar-refractivity contribution in [2.24, 2.45) is 17.8 Å². The molecule has 16 heavy (non-hydrogen) atoms. The molecule has 1 saturated carbocycles. The highest BCUT2D eigenvalue weighted by Gasteiger charge is 2.27. The van der Waals surface area contributed by atoms with Crippen LogP contribution in [0.25, 0.3) is 0 Å². The van der Waals surface area contributed by atoms with E-state index in [-0.39, 0.29) is 0 Å². The molecule has 1 saturated heterocycles. The van der Waals surface area contributed by atoms with Gasteiger partial charge in [0.2, 0.25) is 0 Å². The van der Waals surface area contributed by atoms with Crippen LogP contribution in [0.15, 0.2) is 0 Å². The van der Waals surface area contributed by atoms with E-state index in [0.717, 1.165) is 23.8 Å². The van der Waals surface area contributed by atoms with E-state index < -0.39 is 0 Å². The first-order chi connectivity index (χ1) is 7.77. The van der Waals surface area contributed by atoms with Crippen LogP contribution in [0.1, 0.15) is 46.0 Å². The third-order valence-electron chi connectivity index (χ3n) is 4.72. The topological polar surface area (TPSA) is 12.0 Å². The SMILES string of the molecule is CC1CCCC(NCC2CCSCC2)C1C. The van der Waals surface area contributed by atoms with Gasteiger partial charge in [-0.15, -0.1) is 0 Å². The summed E-state index contributed by atoms with van der Waals surface area (Å²) in [7, 11) is 0. The fraction of sp³-hybridized carbons (Fsp3) is 1.00. The summed E-state index contributed by atoms with van der Waals surface area (Å²) in [5.41, 5.74) is 0. The highest BCUT2D eigenvalue weighted by molar-refractivity contribution is 7.99. The minimum Gasteiger partial charge on any atom is -0.313 e. The zero-order valence-electron chi connectivity index (χ0n) is 10.9. The molecule has 2 rings (SSSR count). The van der Waals surface area contributed by atoms with Crippen LogP contribution in [0.2, 0.25) is 0 Å². The van der Waals surface area contributed by atoms with E-state index in [2.05, 4.69) is 30.9 Å². The Morgan fingerprint density at radius 3 is 2.56 bits per heavy atom. The van der Waals surface area contributed by atoms with Crippen molar-refractivity contribution in [3.8, 4) is 0 Å². The molecule has 0 aromatic carbocycles. The molecule has 1 N–H and O–H groups in total. The zero-order chi connectivity index (χ0) is 11.4. The van der Waals surface area contributed by atoms with Crippen molar-refractivity contribution >= 4 is 11.8 Å². The second-order valence-electron chi connectivity index (χ2n) is 5.84. The Bertz CT molecular complexity index is 201. The van der Waals surface area contributed by atoms with Gasteiger partial charge in [-0.3, -0.25) is 0 Å². The Hall–Kier alpha value is 0.310. The van der Waals surface area contributed by atoms with E-state index in [9.17, 15) is 0 Å². The Balaban J connectivity index is 1.71. The molecule has 1 nitrogen and oxygen atoms in total. The fourth-order valence-electron chi connectivity index (χ4n) is 3.14. The molecule has 1 aliphatic heterocycles. The van der Waals surface area contributed by atoms with Gasteiger partial charge >= 0.3 is 0 Å². The van der Waals surface area contributed by atoms with Gasteiger partial charge in [0.15, 0.2) is 0 Å². The van der Waals surface area contributed by atoms with Crippen LogP contribution < -0.4 is 5.32 Å². The molecule has 0 amide bonds. The number of rotatable bonds is 3. The number of hydrogen-bond acceptors (Lipinski definition) is 2. The average molecular weight is 241 g/mol. The maximum Gasteiger partial charge on any atom is 0.00953 e. The van der Waals surface area contributed by atoms with E-state index in [1.165, 1.54) is 50.2 Å². The average Bonchev–Trinajstić information content (AvgIpc) is 2.32. The monoisotopic (exact) mass is 241 g/mol. The van der Waals surface area contributed by atoms with Crippen molar-refractivity contribution < 1.29 is 0 Å². The van der Waals surface area contributed by atoms with Crippen LogP contribution in [-0.2, 0) is 0 Å². The quantitative estimate of drug-likeness (QED) is 0.811. The molecule has 94 valence electrons. The first kappa shape index (κ1) is 12.8. The summed E-state index contributed by atoms with van der Waals surface area (Å²) in [4.78, 5) is 0. The lowest BCUT2D eigenvalue weighted by molar-refractivity contribution is 0.199. The number of thioether (sulfide) groups is 1. The summed E-state index contributed by atoms with van der Waals surface area (Å²) < 4.78 is 0. The van der Waals surface area contributed by atoms with Crippen LogP contribution in [0.5, 0.6) is 0 Å². The van der Waals surface area contributed by atoms with Gasteiger partial charge in [-0.1, -0.05) is 26.7 Å². The lowest BCUT2D eigenvalue weighted by Crippen LogP contribution is -2.43. The van der Waals surface area contributed by atoms with Crippen molar-refractivity contribution in [1.82, 2.24) is 5.32 Å². The summed E-state index contributed by atoms with van der Waals surface area (Å²) in [6.07, 6.45) is 7.17. The van der Waals surface area contributed by atoms with E-state index in [1.807, 2.05) is 0 Å². The van der Waals surface area contributed by atoms with Gasteiger partial charge in [-0.2, -0.15) is 11.8 Å². The summed E-state index contributed by atoms with van der Waals surface area (Å²) in [6.45, 7) is 6.15. The van der Waals surface area contributed by atoms with E-state index in [4.69, 9.17) is 0 Å². The molecule has 0 radical (unpaired) electrons. The van der Waals surface area contributed by atoms with Crippen molar-refractivity contribution in [2.45, 2.75) is 52.0 Å². The largest absolute Gasteiger partial charge is 0.313 e. The Morgan fingerprint density at radius 2 is 1.81 bits per heavy atom. The Morgan fingerprint density at radius 1 is 1.06 bits per heavy atom. The number of nitrogens with one attached hydrogen (secondary N) is 1. The van der Waals surface area contributed by atoms with E-state index >= 15 is 0 Å². The molecule has 0 bridgehead atoms. The minimum atomic E-state index is 0.804. The maximum atomic E-state index is 3.86. The molecular weight excluding hydrogens is 214 g/mol.